The molecule has 0 spiro atoms. The molecule has 2 N–H and O–H groups in total. The van der Waals surface area contributed by atoms with Gasteiger partial charge in [0.1, 0.15) is 0 Å². The van der Waals surface area contributed by atoms with Gasteiger partial charge in [-0.05, 0) is 32.9 Å². The molecular formula is C12H24N2O2. The molecule has 1 saturated heterocycles. The van der Waals surface area contributed by atoms with Crippen molar-refractivity contribution < 1.29 is 9.90 Å². The summed E-state index contributed by atoms with van der Waals surface area (Å²) in [6.45, 7) is 7.19. The first-order valence-corrected chi connectivity index (χ1v) is 6.32. The highest BCUT2D eigenvalue weighted by Crippen LogP contribution is 2.12. The molecule has 1 fully saturated rings. The van der Waals surface area contributed by atoms with E-state index in [9.17, 15) is 4.79 Å². The van der Waals surface area contributed by atoms with E-state index in [2.05, 4.69) is 24.1 Å². The molecule has 4 nitrogen and oxygen atoms in total. The maximum absolute atomic E-state index is 10.8. The van der Waals surface area contributed by atoms with Crippen molar-refractivity contribution in [3.05, 3.63) is 0 Å². The van der Waals surface area contributed by atoms with Crippen LogP contribution in [0.4, 0.5) is 0 Å². The number of aliphatic carboxylic acids is 1. The third-order valence-electron chi connectivity index (χ3n) is 3.28. The fraction of sp³-hybridized carbons (Fsp3) is 0.917. The highest BCUT2D eigenvalue weighted by atomic mass is 16.4. The lowest BCUT2D eigenvalue weighted by atomic mass is 10.1. The average molecular weight is 228 g/mol. The van der Waals surface area contributed by atoms with E-state index in [-0.39, 0.29) is 12.5 Å². The van der Waals surface area contributed by atoms with Gasteiger partial charge in [0.15, 0.2) is 0 Å². The Morgan fingerprint density at radius 3 is 2.94 bits per heavy atom. The Morgan fingerprint density at radius 1 is 1.56 bits per heavy atom. The number of nitrogens with zero attached hydrogens (tertiary/aromatic N) is 1. The lowest BCUT2D eigenvalue weighted by Gasteiger charge is -2.28. The van der Waals surface area contributed by atoms with Gasteiger partial charge in [-0.15, -0.1) is 0 Å². The molecular weight excluding hydrogens is 204 g/mol. The highest BCUT2D eigenvalue weighted by Gasteiger charge is 2.24. The number of carboxylic acids is 1. The summed E-state index contributed by atoms with van der Waals surface area (Å²) >= 11 is 0. The van der Waals surface area contributed by atoms with Gasteiger partial charge in [0.05, 0.1) is 6.42 Å². The number of hydrogen-bond donors (Lipinski definition) is 2. The molecule has 1 aliphatic rings. The SMILES string of the molecule is CCCCN1CCC(C)NCC1CC(=O)O. The van der Waals surface area contributed by atoms with Crippen LogP contribution in [0, 0.1) is 0 Å². The summed E-state index contributed by atoms with van der Waals surface area (Å²) < 4.78 is 0. The Labute approximate surface area is 98.0 Å². The third kappa shape index (κ3) is 4.49. The van der Waals surface area contributed by atoms with Crippen LogP contribution in [0.25, 0.3) is 0 Å². The van der Waals surface area contributed by atoms with Gasteiger partial charge in [0, 0.05) is 18.6 Å². The normalized spacial score (nSPS) is 27.6. The van der Waals surface area contributed by atoms with Gasteiger partial charge in [-0.1, -0.05) is 13.3 Å². The quantitative estimate of drug-likeness (QED) is 0.745. The van der Waals surface area contributed by atoms with E-state index < -0.39 is 5.97 Å². The second kappa shape index (κ2) is 6.86. The Kier molecular flexibility index (Phi) is 5.77. The summed E-state index contributed by atoms with van der Waals surface area (Å²) in [4.78, 5) is 13.2. The minimum atomic E-state index is -0.692. The molecule has 4 heteroatoms. The van der Waals surface area contributed by atoms with Gasteiger partial charge < -0.3 is 10.4 Å². The molecule has 1 rings (SSSR count). The molecule has 0 radical (unpaired) electrons. The van der Waals surface area contributed by atoms with Crippen LogP contribution in [-0.4, -0.2) is 47.7 Å². The van der Waals surface area contributed by atoms with Crippen molar-refractivity contribution in [2.75, 3.05) is 19.6 Å². The number of carbonyl (C=O) groups is 1. The van der Waals surface area contributed by atoms with Crippen LogP contribution in [0.1, 0.15) is 39.5 Å². The van der Waals surface area contributed by atoms with Gasteiger partial charge in [0.2, 0.25) is 0 Å². The highest BCUT2D eigenvalue weighted by molar-refractivity contribution is 5.67. The molecule has 0 saturated carbocycles. The summed E-state index contributed by atoms with van der Waals surface area (Å²) in [6.07, 6.45) is 3.69. The molecule has 0 aromatic heterocycles. The molecule has 94 valence electrons. The lowest BCUT2D eigenvalue weighted by molar-refractivity contribution is -0.138. The van der Waals surface area contributed by atoms with Gasteiger partial charge in [-0.3, -0.25) is 9.69 Å². The van der Waals surface area contributed by atoms with Crippen LogP contribution >= 0.6 is 0 Å². The number of unbranched alkanes of at least 4 members (excludes halogenated alkanes) is 1. The maximum Gasteiger partial charge on any atom is 0.304 e. The van der Waals surface area contributed by atoms with Crippen molar-refractivity contribution in [1.82, 2.24) is 10.2 Å². The summed E-state index contributed by atoms with van der Waals surface area (Å²) in [7, 11) is 0. The second-order valence-electron chi connectivity index (χ2n) is 4.74. The molecule has 0 aliphatic carbocycles. The van der Waals surface area contributed by atoms with E-state index in [1.165, 1.54) is 6.42 Å². The Morgan fingerprint density at radius 2 is 2.31 bits per heavy atom. The molecule has 0 aromatic carbocycles. The van der Waals surface area contributed by atoms with Crippen molar-refractivity contribution in [1.29, 1.82) is 0 Å². The van der Waals surface area contributed by atoms with E-state index in [0.29, 0.717) is 6.04 Å². The van der Waals surface area contributed by atoms with Crippen LogP contribution in [0.15, 0.2) is 0 Å². The maximum atomic E-state index is 10.8. The summed E-state index contributed by atoms with van der Waals surface area (Å²) in [5.74, 6) is -0.692. The van der Waals surface area contributed by atoms with Crippen molar-refractivity contribution in [3.8, 4) is 0 Å². The van der Waals surface area contributed by atoms with Crippen LogP contribution in [-0.2, 0) is 4.79 Å². The van der Waals surface area contributed by atoms with Crippen molar-refractivity contribution in [2.24, 2.45) is 0 Å². The second-order valence-corrected chi connectivity index (χ2v) is 4.74. The third-order valence-corrected chi connectivity index (χ3v) is 3.28. The minimum Gasteiger partial charge on any atom is -0.481 e. The zero-order valence-electron chi connectivity index (χ0n) is 10.4. The average Bonchev–Trinajstić information content (AvgIpc) is 2.39. The zero-order valence-corrected chi connectivity index (χ0v) is 10.4. The molecule has 0 amide bonds. The topological polar surface area (TPSA) is 52.6 Å². The summed E-state index contributed by atoms with van der Waals surface area (Å²) in [5, 5.41) is 12.3. The van der Waals surface area contributed by atoms with Gasteiger partial charge in [-0.2, -0.15) is 0 Å². The summed E-state index contributed by atoms with van der Waals surface area (Å²) in [6, 6.07) is 0.664. The smallest absolute Gasteiger partial charge is 0.304 e. The van der Waals surface area contributed by atoms with Gasteiger partial charge in [-0.25, -0.2) is 0 Å². The molecule has 2 unspecified atom stereocenters. The van der Waals surface area contributed by atoms with Gasteiger partial charge in [0.25, 0.3) is 0 Å². The first-order valence-electron chi connectivity index (χ1n) is 6.32. The number of hydrogen-bond acceptors (Lipinski definition) is 3. The standard InChI is InChI=1S/C12H24N2O2/c1-3-4-6-14-7-5-10(2)13-9-11(14)8-12(15)16/h10-11,13H,3-9H2,1-2H3,(H,15,16). The summed E-state index contributed by atoms with van der Waals surface area (Å²) in [5.41, 5.74) is 0. The van der Waals surface area contributed by atoms with E-state index in [4.69, 9.17) is 5.11 Å². The lowest BCUT2D eigenvalue weighted by Crippen LogP contribution is -2.42. The molecule has 1 aliphatic heterocycles. The van der Waals surface area contributed by atoms with Crippen molar-refractivity contribution in [3.63, 3.8) is 0 Å². The number of nitrogens with one attached hydrogen (secondary N) is 1. The molecule has 16 heavy (non-hydrogen) atoms. The fourth-order valence-electron chi connectivity index (χ4n) is 2.17. The van der Waals surface area contributed by atoms with E-state index in [0.717, 1.165) is 32.5 Å². The predicted molar refractivity (Wildman–Crippen MR) is 64.6 cm³/mol. The van der Waals surface area contributed by atoms with Crippen LogP contribution < -0.4 is 5.32 Å². The van der Waals surface area contributed by atoms with Crippen molar-refractivity contribution >= 4 is 5.97 Å². The Bertz CT molecular complexity index is 221. The van der Waals surface area contributed by atoms with Gasteiger partial charge >= 0.3 is 5.97 Å². The minimum absolute atomic E-state index is 0.161. The zero-order chi connectivity index (χ0) is 12.0. The van der Waals surface area contributed by atoms with Crippen LogP contribution in [0.5, 0.6) is 0 Å². The van der Waals surface area contributed by atoms with Crippen LogP contribution in [0.3, 0.4) is 0 Å². The molecule has 1 heterocycles. The first-order chi connectivity index (χ1) is 7.63. The fourth-order valence-corrected chi connectivity index (χ4v) is 2.17. The van der Waals surface area contributed by atoms with E-state index in [1.807, 2.05) is 0 Å². The molecule has 0 bridgehead atoms. The van der Waals surface area contributed by atoms with E-state index in [1.54, 1.807) is 0 Å². The Balaban J connectivity index is 2.53. The van der Waals surface area contributed by atoms with E-state index >= 15 is 0 Å². The Hall–Kier alpha value is -0.610. The number of rotatable bonds is 5. The predicted octanol–water partition coefficient (Wildman–Crippen LogP) is 1.31. The van der Waals surface area contributed by atoms with Crippen LogP contribution in [0.2, 0.25) is 0 Å². The van der Waals surface area contributed by atoms with Crippen molar-refractivity contribution in [2.45, 2.75) is 51.6 Å². The first kappa shape index (κ1) is 13.5. The molecule has 2 atom stereocenters. The largest absolute Gasteiger partial charge is 0.481 e. The molecule has 0 aromatic rings. The number of carboxylic acid groups (broad SMARTS) is 1. The monoisotopic (exact) mass is 228 g/mol.